The maximum atomic E-state index is 13.3. The molecule has 0 amide bonds. The van der Waals surface area contributed by atoms with E-state index in [1.165, 1.54) is 18.2 Å². The summed E-state index contributed by atoms with van der Waals surface area (Å²) in [5.74, 6) is -0.367. The van der Waals surface area contributed by atoms with Gasteiger partial charge in [-0.2, -0.15) is 5.26 Å². The molecule has 1 aromatic carbocycles. The molecular weight excluding hydrogens is 207 g/mol. The lowest BCUT2D eigenvalue weighted by Gasteiger charge is -2.18. The van der Waals surface area contributed by atoms with Crippen LogP contribution in [0, 0.1) is 17.1 Å². The number of halogens is 1. The Kier molecular flexibility index (Phi) is 3.99. The van der Waals surface area contributed by atoms with Gasteiger partial charge in [0.25, 0.3) is 0 Å². The van der Waals surface area contributed by atoms with E-state index in [1.54, 1.807) is 0 Å². The van der Waals surface area contributed by atoms with Gasteiger partial charge in [0.2, 0.25) is 0 Å². The maximum absolute atomic E-state index is 13.3. The molecule has 1 aromatic rings. The summed E-state index contributed by atoms with van der Waals surface area (Å²) in [6.45, 7) is 4.12. The van der Waals surface area contributed by atoms with Gasteiger partial charge < -0.3 is 10.5 Å². The second-order valence-corrected chi connectivity index (χ2v) is 4.40. The number of nitrogens with two attached hydrogens (primary N) is 1. The van der Waals surface area contributed by atoms with Crippen LogP contribution in [-0.4, -0.2) is 12.1 Å². The Labute approximate surface area is 94.6 Å². The van der Waals surface area contributed by atoms with Crippen molar-refractivity contribution in [2.45, 2.75) is 26.0 Å². The zero-order valence-corrected chi connectivity index (χ0v) is 9.46. The zero-order chi connectivity index (χ0) is 12.2. The molecule has 0 aliphatic carbocycles. The van der Waals surface area contributed by atoms with Crippen LogP contribution in [0.25, 0.3) is 0 Å². The summed E-state index contributed by atoms with van der Waals surface area (Å²) in [4.78, 5) is 0. The third-order valence-corrected chi connectivity index (χ3v) is 1.91. The first kappa shape index (κ1) is 12.6. The number of hydrogen-bond donors (Lipinski definition) is 1. The number of nitrogens with zero attached hydrogens (tertiary/aromatic N) is 1. The standard InChI is InChI=1S/C12H15FN2O/c1-12(2,15)8-16-7-10-5-9(6-14)3-4-11(10)13/h3-5H,7-8,15H2,1-2H3. The van der Waals surface area contributed by atoms with Gasteiger partial charge in [-0.3, -0.25) is 0 Å². The zero-order valence-electron chi connectivity index (χ0n) is 9.46. The third-order valence-electron chi connectivity index (χ3n) is 1.91. The van der Waals surface area contributed by atoms with E-state index in [-0.39, 0.29) is 12.4 Å². The van der Waals surface area contributed by atoms with Gasteiger partial charge in [0.15, 0.2) is 0 Å². The van der Waals surface area contributed by atoms with Crippen LogP contribution in [0.4, 0.5) is 4.39 Å². The number of rotatable bonds is 4. The quantitative estimate of drug-likeness (QED) is 0.847. The number of nitriles is 1. The van der Waals surface area contributed by atoms with E-state index in [4.69, 9.17) is 15.7 Å². The van der Waals surface area contributed by atoms with Crippen LogP contribution in [0.1, 0.15) is 25.0 Å². The highest BCUT2D eigenvalue weighted by atomic mass is 19.1. The average molecular weight is 222 g/mol. The van der Waals surface area contributed by atoms with Gasteiger partial charge in [-0.15, -0.1) is 0 Å². The van der Waals surface area contributed by atoms with Crippen molar-refractivity contribution in [3.8, 4) is 6.07 Å². The lowest BCUT2D eigenvalue weighted by molar-refractivity contribution is 0.0832. The smallest absolute Gasteiger partial charge is 0.128 e. The van der Waals surface area contributed by atoms with Gasteiger partial charge in [0.1, 0.15) is 5.82 Å². The first-order valence-corrected chi connectivity index (χ1v) is 4.97. The predicted octanol–water partition coefficient (Wildman–Crippen LogP) is 1.95. The lowest BCUT2D eigenvalue weighted by Crippen LogP contribution is -2.37. The van der Waals surface area contributed by atoms with E-state index >= 15 is 0 Å². The molecule has 0 radical (unpaired) electrons. The Balaban J connectivity index is 2.64. The summed E-state index contributed by atoms with van der Waals surface area (Å²) in [6, 6.07) is 6.14. The number of benzene rings is 1. The molecule has 0 aliphatic heterocycles. The van der Waals surface area contributed by atoms with Crippen LogP contribution in [-0.2, 0) is 11.3 Å². The van der Waals surface area contributed by atoms with E-state index in [1.807, 2.05) is 19.9 Å². The molecule has 0 unspecified atom stereocenters. The Morgan fingerprint density at radius 2 is 2.19 bits per heavy atom. The van der Waals surface area contributed by atoms with Crippen LogP contribution in [0.15, 0.2) is 18.2 Å². The summed E-state index contributed by atoms with van der Waals surface area (Å²) in [5.41, 5.74) is 6.08. The molecule has 0 spiro atoms. The molecule has 0 fully saturated rings. The first-order chi connectivity index (χ1) is 7.42. The van der Waals surface area contributed by atoms with Gasteiger partial charge >= 0.3 is 0 Å². The summed E-state index contributed by atoms with van der Waals surface area (Å²) in [7, 11) is 0. The summed E-state index contributed by atoms with van der Waals surface area (Å²) >= 11 is 0. The maximum Gasteiger partial charge on any atom is 0.128 e. The molecule has 86 valence electrons. The van der Waals surface area contributed by atoms with E-state index in [0.29, 0.717) is 17.7 Å². The summed E-state index contributed by atoms with van der Waals surface area (Å²) < 4.78 is 18.6. The molecule has 0 aromatic heterocycles. The molecular formula is C12H15FN2O. The Bertz CT molecular complexity index is 404. The Morgan fingerprint density at radius 3 is 2.75 bits per heavy atom. The van der Waals surface area contributed by atoms with E-state index in [2.05, 4.69) is 0 Å². The van der Waals surface area contributed by atoms with E-state index < -0.39 is 5.54 Å². The molecule has 16 heavy (non-hydrogen) atoms. The second-order valence-electron chi connectivity index (χ2n) is 4.40. The molecule has 3 nitrogen and oxygen atoms in total. The summed E-state index contributed by atoms with van der Waals surface area (Å²) in [5, 5.41) is 8.67. The van der Waals surface area contributed by atoms with E-state index in [0.717, 1.165) is 0 Å². The van der Waals surface area contributed by atoms with Crippen molar-refractivity contribution in [2.24, 2.45) is 5.73 Å². The largest absolute Gasteiger partial charge is 0.375 e. The fourth-order valence-corrected chi connectivity index (χ4v) is 1.18. The van der Waals surface area contributed by atoms with Crippen molar-refractivity contribution in [3.63, 3.8) is 0 Å². The minimum absolute atomic E-state index is 0.127. The Morgan fingerprint density at radius 1 is 1.50 bits per heavy atom. The normalized spacial score (nSPS) is 11.2. The molecule has 0 heterocycles. The molecule has 0 atom stereocenters. The van der Waals surface area contributed by atoms with Gasteiger partial charge in [-0.05, 0) is 32.0 Å². The van der Waals surface area contributed by atoms with Crippen LogP contribution < -0.4 is 5.73 Å². The topological polar surface area (TPSA) is 59.0 Å². The van der Waals surface area contributed by atoms with Crippen LogP contribution in [0.2, 0.25) is 0 Å². The van der Waals surface area contributed by atoms with Crippen molar-refractivity contribution in [2.75, 3.05) is 6.61 Å². The SMILES string of the molecule is CC(C)(N)COCc1cc(C#N)ccc1F. The van der Waals surface area contributed by atoms with Crippen molar-refractivity contribution in [3.05, 3.63) is 35.1 Å². The molecule has 0 saturated carbocycles. The van der Waals surface area contributed by atoms with Crippen molar-refractivity contribution >= 4 is 0 Å². The third kappa shape index (κ3) is 3.97. The van der Waals surface area contributed by atoms with Crippen molar-refractivity contribution in [1.29, 1.82) is 5.26 Å². The highest BCUT2D eigenvalue weighted by Crippen LogP contribution is 2.12. The van der Waals surface area contributed by atoms with Crippen molar-refractivity contribution < 1.29 is 9.13 Å². The molecule has 0 aliphatic rings. The highest BCUT2D eigenvalue weighted by molar-refractivity contribution is 5.33. The second kappa shape index (κ2) is 5.06. The predicted molar refractivity (Wildman–Crippen MR) is 59.0 cm³/mol. The highest BCUT2D eigenvalue weighted by Gasteiger charge is 2.11. The molecule has 4 heteroatoms. The molecule has 1 rings (SSSR count). The van der Waals surface area contributed by atoms with E-state index in [9.17, 15) is 4.39 Å². The first-order valence-electron chi connectivity index (χ1n) is 4.97. The van der Waals surface area contributed by atoms with Gasteiger partial charge in [0.05, 0.1) is 24.8 Å². The number of hydrogen-bond acceptors (Lipinski definition) is 3. The van der Waals surface area contributed by atoms with Crippen LogP contribution in [0.5, 0.6) is 0 Å². The molecule has 2 N–H and O–H groups in total. The minimum Gasteiger partial charge on any atom is -0.375 e. The fourth-order valence-electron chi connectivity index (χ4n) is 1.18. The molecule has 0 saturated heterocycles. The van der Waals surface area contributed by atoms with Gasteiger partial charge in [-0.1, -0.05) is 0 Å². The number of ether oxygens (including phenoxy) is 1. The van der Waals surface area contributed by atoms with Gasteiger partial charge in [-0.25, -0.2) is 4.39 Å². The average Bonchev–Trinajstić information content (AvgIpc) is 2.19. The van der Waals surface area contributed by atoms with Crippen LogP contribution in [0.3, 0.4) is 0 Å². The van der Waals surface area contributed by atoms with Gasteiger partial charge in [0, 0.05) is 11.1 Å². The lowest BCUT2D eigenvalue weighted by atomic mass is 10.1. The fraction of sp³-hybridized carbons (Fsp3) is 0.417. The van der Waals surface area contributed by atoms with Crippen LogP contribution >= 0.6 is 0 Å². The summed E-state index contributed by atoms with van der Waals surface area (Å²) in [6.07, 6.45) is 0. The molecule has 0 bridgehead atoms. The Hall–Kier alpha value is -1.44. The monoisotopic (exact) mass is 222 g/mol. The van der Waals surface area contributed by atoms with Crippen molar-refractivity contribution in [1.82, 2.24) is 0 Å². The minimum atomic E-state index is -0.441.